The van der Waals surface area contributed by atoms with Crippen molar-refractivity contribution >= 4 is 27.7 Å². The van der Waals surface area contributed by atoms with Gasteiger partial charge in [-0.25, -0.2) is 4.79 Å². The SMILES string of the molecule is [2H]C1([2H])N(C(=O)OC(C)(C)C)C([2H])([2H])C([2H])([2H])N(c2ccc(Br)cc2C(F)(F)F)C1([2H])[2H]. The van der Waals surface area contributed by atoms with Gasteiger partial charge in [0.15, 0.2) is 0 Å². The Labute approximate surface area is 158 Å². The topological polar surface area (TPSA) is 32.8 Å². The maximum atomic E-state index is 13.7. The Bertz CT molecular complexity index is 894. The summed E-state index contributed by atoms with van der Waals surface area (Å²) in [5, 5.41) is 0. The molecule has 0 radical (unpaired) electrons. The van der Waals surface area contributed by atoms with Gasteiger partial charge in [-0.1, -0.05) is 15.9 Å². The molecule has 1 fully saturated rings. The van der Waals surface area contributed by atoms with Gasteiger partial charge in [-0.05, 0) is 39.0 Å². The number of ether oxygens (including phenoxy) is 1. The number of hydrogen-bond donors (Lipinski definition) is 0. The van der Waals surface area contributed by atoms with Gasteiger partial charge >= 0.3 is 12.3 Å². The van der Waals surface area contributed by atoms with E-state index < -0.39 is 55.1 Å². The van der Waals surface area contributed by atoms with Crippen LogP contribution in [0.2, 0.25) is 0 Å². The van der Waals surface area contributed by atoms with Gasteiger partial charge in [-0.2, -0.15) is 13.2 Å². The van der Waals surface area contributed by atoms with Gasteiger partial charge in [0.2, 0.25) is 0 Å². The van der Waals surface area contributed by atoms with E-state index in [4.69, 9.17) is 15.7 Å². The van der Waals surface area contributed by atoms with E-state index >= 15 is 0 Å². The first-order valence-electron chi connectivity index (χ1n) is 10.7. The monoisotopic (exact) mass is 416 g/mol. The lowest BCUT2D eigenvalue weighted by Crippen LogP contribution is -2.50. The van der Waals surface area contributed by atoms with Crippen LogP contribution < -0.4 is 4.90 Å². The second-order valence-electron chi connectivity index (χ2n) is 5.76. The third-order valence-corrected chi connectivity index (χ3v) is 3.12. The zero-order chi connectivity index (χ0) is 25.3. The predicted octanol–water partition coefficient (Wildman–Crippen LogP) is 4.53. The Hall–Kier alpha value is -1.44. The lowest BCUT2D eigenvalue weighted by Gasteiger charge is -2.37. The molecule has 0 unspecified atom stereocenters. The van der Waals surface area contributed by atoms with Crippen LogP contribution in [0, 0.1) is 0 Å². The van der Waals surface area contributed by atoms with E-state index in [0.717, 1.165) is 6.07 Å². The van der Waals surface area contributed by atoms with E-state index in [9.17, 15) is 18.0 Å². The molecule has 1 heterocycles. The Kier molecular flexibility index (Phi) is 2.99. The van der Waals surface area contributed by atoms with Crippen molar-refractivity contribution in [3.05, 3.63) is 28.2 Å². The summed E-state index contributed by atoms with van der Waals surface area (Å²) in [6.45, 7) is -10.6. The van der Waals surface area contributed by atoms with Crippen LogP contribution in [0.3, 0.4) is 0 Å². The maximum Gasteiger partial charge on any atom is 0.418 e. The molecular formula is C16H20BrF3N2O2. The van der Waals surface area contributed by atoms with Crippen LogP contribution in [0.15, 0.2) is 22.7 Å². The second kappa shape index (κ2) is 6.82. The number of alkyl halides is 3. The summed E-state index contributed by atoms with van der Waals surface area (Å²) in [6.07, 6.45) is -6.83. The number of piperazine rings is 1. The van der Waals surface area contributed by atoms with E-state index in [2.05, 4.69) is 15.9 Å². The van der Waals surface area contributed by atoms with Crippen molar-refractivity contribution in [1.29, 1.82) is 0 Å². The van der Waals surface area contributed by atoms with Crippen molar-refractivity contribution in [2.24, 2.45) is 0 Å². The highest BCUT2D eigenvalue weighted by atomic mass is 79.9. The van der Waals surface area contributed by atoms with Crippen molar-refractivity contribution in [3.8, 4) is 0 Å². The summed E-state index contributed by atoms with van der Waals surface area (Å²) >= 11 is 2.85. The molecule has 1 aliphatic heterocycles. The molecule has 0 saturated carbocycles. The van der Waals surface area contributed by atoms with Crippen molar-refractivity contribution in [1.82, 2.24) is 4.90 Å². The Morgan fingerprint density at radius 2 is 1.79 bits per heavy atom. The highest BCUT2D eigenvalue weighted by molar-refractivity contribution is 9.10. The minimum Gasteiger partial charge on any atom is -0.444 e. The van der Waals surface area contributed by atoms with E-state index in [-0.39, 0.29) is 14.3 Å². The number of carbonyl (C=O) groups is 1. The number of rotatable bonds is 1. The van der Waals surface area contributed by atoms with Crippen LogP contribution in [0.5, 0.6) is 0 Å². The van der Waals surface area contributed by atoms with E-state index in [1.54, 1.807) is 0 Å². The van der Waals surface area contributed by atoms with Gasteiger partial charge < -0.3 is 14.5 Å². The first kappa shape index (κ1) is 10.5. The van der Waals surface area contributed by atoms with Gasteiger partial charge in [-0.15, -0.1) is 0 Å². The minimum atomic E-state index is -5.12. The predicted molar refractivity (Wildman–Crippen MR) is 89.2 cm³/mol. The normalized spacial score (nSPS) is 29.6. The largest absolute Gasteiger partial charge is 0.444 e. The number of hydrogen-bond acceptors (Lipinski definition) is 3. The molecule has 0 aliphatic carbocycles. The van der Waals surface area contributed by atoms with Crippen molar-refractivity contribution in [2.75, 3.05) is 30.9 Å². The zero-order valence-corrected chi connectivity index (χ0v) is 14.5. The summed E-state index contributed by atoms with van der Waals surface area (Å²) < 4.78 is 112. The fourth-order valence-electron chi connectivity index (χ4n) is 1.71. The number of nitrogens with zero attached hydrogens (tertiary/aromatic N) is 2. The molecule has 1 aromatic carbocycles. The Balaban J connectivity index is 2.83. The molecule has 24 heavy (non-hydrogen) atoms. The smallest absolute Gasteiger partial charge is 0.418 e. The average molecular weight is 417 g/mol. The molecule has 134 valence electrons. The van der Waals surface area contributed by atoms with E-state index in [1.165, 1.54) is 20.8 Å². The first-order chi connectivity index (χ1) is 14.0. The molecule has 0 spiro atoms. The lowest BCUT2D eigenvalue weighted by atomic mass is 10.1. The third-order valence-electron chi connectivity index (χ3n) is 2.63. The quantitative estimate of drug-likeness (QED) is 0.674. The standard InChI is InChI=1S/C16H20BrF3N2O2/c1-15(2,3)24-14(23)22-8-6-21(7-9-22)13-5-4-11(17)10-12(13)16(18,19)20/h4-5,10H,6-9H2,1-3H3/i6D2,7D2,8D2,9D2. The number of anilines is 1. The van der Waals surface area contributed by atoms with Crippen LogP contribution in [-0.4, -0.2) is 42.6 Å². The van der Waals surface area contributed by atoms with Crippen LogP contribution >= 0.6 is 15.9 Å². The molecule has 8 heteroatoms. The number of benzene rings is 1. The highest BCUT2D eigenvalue weighted by Crippen LogP contribution is 2.38. The first-order valence-corrected chi connectivity index (χ1v) is 7.49. The van der Waals surface area contributed by atoms with Gasteiger partial charge in [0.1, 0.15) is 5.60 Å². The Morgan fingerprint density at radius 3 is 2.29 bits per heavy atom. The average Bonchev–Trinajstić information content (AvgIpc) is 2.51. The number of carbonyl (C=O) groups excluding carboxylic acids is 1. The second-order valence-corrected chi connectivity index (χ2v) is 6.67. The van der Waals surface area contributed by atoms with Gasteiger partial charge in [0, 0.05) is 36.1 Å². The van der Waals surface area contributed by atoms with E-state index in [0.29, 0.717) is 12.1 Å². The van der Waals surface area contributed by atoms with Gasteiger partial charge in [0.25, 0.3) is 0 Å². The summed E-state index contributed by atoms with van der Waals surface area (Å²) in [6, 6.07) is 2.27. The highest BCUT2D eigenvalue weighted by Gasteiger charge is 2.36. The molecule has 0 aromatic heterocycles. The molecule has 4 nitrogen and oxygen atoms in total. The van der Waals surface area contributed by atoms with Crippen LogP contribution in [0.1, 0.15) is 37.3 Å². The minimum absolute atomic E-state index is 0.0758. The van der Waals surface area contributed by atoms with Crippen LogP contribution in [0.4, 0.5) is 23.7 Å². The third kappa shape index (κ3) is 4.78. The fourth-order valence-corrected chi connectivity index (χ4v) is 2.07. The van der Waals surface area contributed by atoms with Crippen LogP contribution in [0.25, 0.3) is 0 Å². The molecule has 1 aromatic rings. The van der Waals surface area contributed by atoms with Crippen molar-refractivity contribution in [3.63, 3.8) is 0 Å². The summed E-state index contributed by atoms with van der Waals surface area (Å²) in [5.74, 6) is 0. The molecule has 1 amide bonds. The molecule has 0 N–H and O–H groups in total. The van der Waals surface area contributed by atoms with Gasteiger partial charge in [-0.3, -0.25) is 0 Å². The van der Waals surface area contributed by atoms with Crippen LogP contribution in [-0.2, 0) is 10.9 Å². The molecular weight excluding hydrogens is 389 g/mol. The summed E-state index contributed by atoms with van der Waals surface area (Å²) in [4.78, 5) is 12.0. The maximum absolute atomic E-state index is 13.7. The summed E-state index contributed by atoms with van der Waals surface area (Å²) in [7, 11) is 0. The molecule has 0 atom stereocenters. The van der Waals surface area contributed by atoms with Crippen molar-refractivity contribution in [2.45, 2.75) is 32.5 Å². The summed E-state index contributed by atoms with van der Waals surface area (Å²) in [5.41, 5.74) is -3.96. The Morgan fingerprint density at radius 1 is 1.21 bits per heavy atom. The number of halogens is 4. The molecule has 2 rings (SSSR count). The fraction of sp³-hybridized carbons (Fsp3) is 0.562. The molecule has 1 aliphatic rings. The number of amides is 1. The van der Waals surface area contributed by atoms with E-state index in [1.807, 2.05) is 0 Å². The lowest BCUT2D eigenvalue weighted by molar-refractivity contribution is -0.137. The molecule has 1 saturated heterocycles. The molecule has 0 bridgehead atoms. The van der Waals surface area contributed by atoms with Crippen molar-refractivity contribution < 1.29 is 33.7 Å². The zero-order valence-electron chi connectivity index (χ0n) is 21.0. The van der Waals surface area contributed by atoms with Gasteiger partial charge in [0.05, 0.1) is 16.5 Å².